The van der Waals surface area contributed by atoms with Crippen LogP contribution in [-0.2, 0) is 0 Å². The van der Waals surface area contributed by atoms with Crippen LogP contribution in [0.2, 0.25) is 0 Å². The molecule has 1 aliphatic carbocycles. The molecule has 1 aliphatic rings. The first kappa shape index (κ1) is 12.3. The molecule has 1 aromatic carbocycles. The van der Waals surface area contributed by atoms with Crippen molar-refractivity contribution in [1.29, 1.82) is 0 Å². The fourth-order valence-electron chi connectivity index (χ4n) is 2.94. The number of fused-ring (bicyclic) bond motifs is 1. The summed E-state index contributed by atoms with van der Waals surface area (Å²) in [5.41, 5.74) is 1.69. The average Bonchev–Trinajstić information content (AvgIpc) is 2.89. The summed E-state index contributed by atoms with van der Waals surface area (Å²) < 4.78 is 0. The van der Waals surface area contributed by atoms with Gasteiger partial charge in [-0.2, -0.15) is 0 Å². The second-order valence-corrected chi connectivity index (χ2v) is 5.68. The van der Waals surface area contributed by atoms with Crippen molar-refractivity contribution in [3.8, 4) is 0 Å². The Hall–Kier alpha value is -1.77. The molecule has 0 saturated heterocycles. The van der Waals surface area contributed by atoms with Crippen LogP contribution in [0.4, 0.5) is 0 Å². The van der Waals surface area contributed by atoms with Crippen LogP contribution >= 0.6 is 0 Å². The van der Waals surface area contributed by atoms with Crippen molar-refractivity contribution in [2.24, 2.45) is 5.92 Å². The minimum absolute atomic E-state index is 0.0487. The molecular weight excluding hydrogens is 236 g/mol. The Balaban J connectivity index is 1.75. The number of carbonyl (C=O) groups is 1. The Kier molecular flexibility index (Phi) is 3.28. The zero-order valence-electron chi connectivity index (χ0n) is 11.3. The van der Waals surface area contributed by atoms with Gasteiger partial charge < -0.3 is 10.3 Å². The first-order valence-corrected chi connectivity index (χ1v) is 7.11. The van der Waals surface area contributed by atoms with E-state index in [1.54, 1.807) is 0 Å². The first-order valence-electron chi connectivity index (χ1n) is 7.11. The van der Waals surface area contributed by atoms with Crippen LogP contribution in [0, 0.1) is 5.92 Å². The van der Waals surface area contributed by atoms with Gasteiger partial charge in [-0.3, -0.25) is 4.79 Å². The number of carbonyl (C=O) groups excluding carboxylic acids is 1. The van der Waals surface area contributed by atoms with Gasteiger partial charge in [0.25, 0.3) is 5.91 Å². The van der Waals surface area contributed by atoms with Crippen LogP contribution in [0.15, 0.2) is 30.5 Å². The third-order valence-corrected chi connectivity index (χ3v) is 4.18. The lowest BCUT2D eigenvalue weighted by molar-refractivity contribution is 0.0924. The standard InChI is InChI=1S/C16H20N2O/c1-11-5-7-13(8-6-11)18-16(19)14-4-2-3-12-9-10-17-15(12)14/h2-4,9-11,13,17H,5-8H2,1H3,(H,18,19). The number of para-hydroxylation sites is 1. The van der Waals surface area contributed by atoms with Crippen molar-refractivity contribution in [1.82, 2.24) is 10.3 Å². The van der Waals surface area contributed by atoms with Crippen LogP contribution in [-0.4, -0.2) is 16.9 Å². The van der Waals surface area contributed by atoms with Gasteiger partial charge in [0.15, 0.2) is 0 Å². The molecule has 0 spiro atoms. The third kappa shape index (κ3) is 2.50. The molecule has 0 radical (unpaired) electrons. The van der Waals surface area contributed by atoms with E-state index in [9.17, 15) is 4.79 Å². The van der Waals surface area contributed by atoms with Gasteiger partial charge in [0, 0.05) is 17.6 Å². The lowest BCUT2D eigenvalue weighted by atomic mass is 9.87. The third-order valence-electron chi connectivity index (χ3n) is 4.18. The fraction of sp³-hybridized carbons (Fsp3) is 0.438. The number of benzene rings is 1. The maximum Gasteiger partial charge on any atom is 0.253 e. The molecule has 1 heterocycles. The minimum atomic E-state index is 0.0487. The summed E-state index contributed by atoms with van der Waals surface area (Å²) in [6, 6.07) is 8.18. The molecule has 0 unspecified atom stereocenters. The van der Waals surface area contributed by atoms with Gasteiger partial charge in [-0.25, -0.2) is 0 Å². The molecule has 3 nitrogen and oxygen atoms in total. The first-order chi connectivity index (χ1) is 9.24. The average molecular weight is 256 g/mol. The molecule has 0 atom stereocenters. The highest BCUT2D eigenvalue weighted by molar-refractivity contribution is 6.05. The Morgan fingerprint density at radius 3 is 2.79 bits per heavy atom. The van der Waals surface area contributed by atoms with Gasteiger partial charge >= 0.3 is 0 Å². The molecule has 2 aromatic rings. The van der Waals surface area contributed by atoms with Crippen molar-refractivity contribution in [3.63, 3.8) is 0 Å². The number of hydrogen-bond acceptors (Lipinski definition) is 1. The predicted octanol–water partition coefficient (Wildman–Crippen LogP) is 3.48. The Morgan fingerprint density at radius 1 is 1.21 bits per heavy atom. The molecule has 19 heavy (non-hydrogen) atoms. The highest BCUT2D eigenvalue weighted by atomic mass is 16.1. The van der Waals surface area contributed by atoms with E-state index in [4.69, 9.17) is 0 Å². The monoisotopic (exact) mass is 256 g/mol. The predicted molar refractivity (Wildman–Crippen MR) is 77.2 cm³/mol. The smallest absolute Gasteiger partial charge is 0.253 e. The van der Waals surface area contributed by atoms with Crippen LogP contribution in [0.3, 0.4) is 0 Å². The topological polar surface area (TPSA) is 44.9 Å². The van der Waals surface area contributed by atoms with Crippen molar-refractivity contribution in [2.75, 3.05) is 0 Å². The van der Waals surface area contributed by atoms with Crippen molar-refractivity contribution in [3.05, 3.63) is 36.0 Å². The summed E-state index contributed by atoms with van der Waals surface area (Å²) in [6.45, 7) is 2.29. The molecule has 2 N–H and O–H groups in total. The van der Waals surface area contributed by atoms with Gasteiger partial charge in [-0.05, 0) is 43.7 Å². The molecular formula is C16H20N2O. The largest absolute Gasteiger partial charge is 0.361 e. The molecule has 1 saturated carbocycles. The molecule has 3 heteroatoms. The zero-order chi connectivity index (χ0) is 13.2. The Labute approximate surface area is 113 Å². The highest BCUT2D eigenvalue weighted by Gasteiger charge is 2.21. The molecule has 0 bridgehead atoms. The van der Waals surface area contributed by atoms with E-state index in [0.29, 0.717) is 6.04 Å². The number of amides is 1. The maximum absolute atomic E-state index is 12.4. The van der Waals surface area contributed by atoms with E-state index in [1.165, 1.54) is 12.8 Å². The van der Waals surface area contributed by atoms with Crippen molar-refractivity contribution >= 4 is 16.8 Å². The van der Waals surface area contributed by atoms with Crippen LogP contribution in [0.1, 0.15) is 43.0 Å². The zero-order valence-corrected chi connectivity index (χ0v) is 11.3. The number of H-pyrrole nitrogens is 1. The summed E-state index contributed by atoms with van der Waals surface area (Å²) >= 11 is 0. The summed E-state index contributed by atoms with van der Waals surface area (Å²) in [4.78, 5) is 15.5. The second-order valence-electron chi connectivity index (χ2n) is 5.68. The number of aromatic amines is 1. The van der Waals surface area contributed by atoms with Gasteiger partial charge in [0.2, 0.25) is 0 Å². The van der Waals surface area contributed by atoms with Gasteiger partial charge in [0.1, 0.15) is 0 Å². The molecule has 3 rings (SSSR count). The van der Waals surface area contributed by atoms with Gasteiger partial charge in [-0.15, -0.1) is 0 Å². The number of nitrogens with one attached hydrogen (secondary N) is 2. The maximum atomic E-state index is 12.4. The van der Waals surface area contributed by atoms with Crippen LogP contribution < -0.4 is 5.32 Å². The van der Waals surface area contributed by atoms with Crippen molar-refractivity contribution < 1.29 is 4.79 Å². The molecule has 1 amide bonds. The van der Waals surface area contributed by atoms with E-state index < -0.39 is 0 Å². The highest BCUT2D eigenvalue weighted by Crippen LogP contribution is 2.24. The Bertz CT molecular complexity index is 579. The summed E-state index contributed by atoms with van der Waals surface area (Å²) in [6.07, 6.45) is 6.53. The lowest BCUT2D eigenvalue weighted by Gasteiger charge is -2.27. The number of hydrogen-bond donors (Lipinski definition) is 2. The molecule has 1 aromatic heterocycles. The van der Waals surface area contributed by atoms with Crippen LogP contribution in [0.5, 0.6) is 0 Å². The fourth-order valence-corrected chi connectivity index (χ4v) is 2.94. The van der Waals surface area contributed by atoms with Gasteiger partial charge in [0.05, 0.1) is 11.1 Å². The Morgan fingerprint density at radius 2 is 2.00 bits per heavy atom. The number of rotatable bonds is 2. The van der Waals surface area contributed by atoms with Gasteiger partial charge in [-0.1, -0.05) is 19.1 Å². The summed E-state index contributed by atoms with van der Waals surface area (Å²) in [5.74, 6) is 0.854. The quantitative estimate of drug-likeness (QED) is 0.849. The lowest BCUT2D eigenvalue weighted by Crippen LogP contribution is -2.37. The van der Waals surface area contributed by atoms with E-state index in [0.717, 1.165) is 35.2 Å². The van der Waals surface area contributed by atoms with E-state index in [1.807, 2.05) is 30.5 Å². The van der Waals surface area contributed by atoms with Crippen molar-refractivity contribution in [2.45, 2.75) is 38.6 Å². The minimum Gasteiger partial charge on any atom is -0.361 e. The SMILES string of the molecule is CC1CCC(NC(=O)c2cccc3cc[nH]c23)CC1. The van der Waals surface area contributed by atoms with E-state index in [-0.39, 0.29) is 5.91 Å². The summed E-state index contributed by atoms with van der Waals surface area (Å²) in [5, 5.41) is 4.27. The second kappa shape index (κ2) is 5.08. The molecule has 1 fully saturated rings. The molecule has 100 valence electrons. The summed E-state index contributed by atoms with van der Waals surface area (Å²) in [7, 11) is 0. The van der Waals surface area contributed by atoms with E-state index in [2.05, 4.69) is 17.2 Å². The number of aromatic nitrogens is 1. The van der Waals surface area contributed by atoms with Crippen LogP contribution in [0.25, 0.3) is 10.9 Å². The normalized spacial score (nSPS) is 23.4. The van der Waals surface area contributed by atoms with E-state index >= 15 is 0 Å². The molecule has 0 aliphatic heterocycles.